The van der Waals surface area contributed by atoms with Crippen LogP contribution in [0.3, 0.4) is 0 Å². The van der Waals surface area contributed by atoms with Gasteiger partial charge in [-0.05, 0) is 55.7 Å². The van der Waals surface area contributed by atoms with Crippen LogP contribution in [0.1, 0.15) is 36.0 Å². The quantitative estimate of drug-likeness (QED) is 0.415. The van der Waals surface area contributed by atoms with Gasteiger partial charge in [-0.3, -0.25) is 4.79 Å². The average Bonchev–Trinajstić information content (AvgIpc) is 3.04. The maximum atomic E-state index is 13.6. The van der Waals surface area contributed by atoms with E-state index in [1.54, 1.807) is 11.8 Å². The minimum atomic E-state index is -3.84. The Bertz CT molecular complexity index is 1160. The highest BCUT2D eigenvalue weighted by atomic mass is 35.5. The topological polar surface area (TPSA) is 89.3 Å². The molecule has 0 aromatic heterocycles. The van der Waals surface area contributed by atoms with Crippen molar-refractivity contribution >= 4 is 44.8 Å². The van der Waals surface area contributed by atoms with Gasteiger partial charge < -0.3 is 11.1 Å². The van der Waals surface area contributed by atoms with E-state index in [0.717, 1.165) is 25.7 Å². The number of nitrogens with one attached hydrogen (secondary N) is 1. The predicted octanol–water partition coefficient (Wildman–Crippen LogP) is 4.99. The molecule has 2 atom stereocenters. The minimum Gasteiger partial charge on any atom is -0.322 e. The van der Waals surface area contributed by atoms with E-state index in [9.17, 15) is 26.4 Å². The van der Waals surface area contributed by atoms with Crippen LogP contribution in [0.15, 0.2) is 35.2 Å². The molecule has 178 valence electrons. The van der Waals surface area contributed by atoms with Crippen LogP contribution in [0.5, 0.6) is 0 Å². The van der Waals surface area contributed by atoms with Crippen LogP contribution in [0.4, 0.5) is 18.9 Å². The van der Waals surface area contributed by atoms with E-state index >= 15 is 0 Å². The number of hydrogen-bond donors (Lipinski definition) is 2. The second-order valence-electron chi connectivity index (χ2n) is 8.39. The molecule has 0 spiro atoms. The molecule has 33 heavy (non-hydrogen) atoms. The van der Waals surface area contributed by atoms with E-state index in [1.165, 1.54) is 18.2 Å². The number of amides is 1. The third-order valence-electron chi connectivity index (χ3n) is 6.40. The molecule has 2 aromatic carbocycles. The Balaban J connectivity index is 1.60. The van der Waals surface area contributed by atoms with Gasteiger partial charge in [-0.15, -0.1) is 11.8 Å². The molecule has 2 aliphatic carbocycles. The Morgan fingerprint density at radius 3 is 2.27 bits per heavy atom. The van der Waals surface area contributed by atoms with Gasteiger partial charge in [0.1, 0.15) is 0 Å². The van der Waals surface area contributed by atoms with Gasteiger partial charge in [0.15, 0.2) is 27.3 Å². The van der Waals surface area contributed by atoms with Crippen molar-refractivity contribution in [3.05, 3.63) is 58.4 Å². The van der Waals surface area contributed by atoms with Crippen molar-refractivity contribution in [1.29, 1.82) is 0 Å². The Hall–Kier alpha value is -1.75. The predicted molar refractivity (Wildman–Crippen MR) is 123 cm³/mol. The Labute approximate surface area is 199 Å². The number of benzene rings is 2. The van der Waals surface area contributed by atoms with E-state index in [0.29, 0.717) is 23.3 Å². The van der Waals surface area contributed by atoms with Crippen molar-refractivity contribution in [2.75, 3.05) is 11.2 Å². The van der Waals surface area contributed by atoms with Gasteiger partial charge in [0.2, 0.25) is 0 Å². The first kappa shape index (κ1) is 24.4. The summed E-state index contributed by atoms with van der Waals surface area (Å²) < 4.78 is 67.3. The van der Waals surface area contributed by atoms with Crippen molar-refractivity contribution in [2.24, 2.45) is 17.6 Å². The number of fused-ring (bicyclic) bond motifs is 2. The first-order valence-electron chi connectivity index (χ1n) is 10.4. The summed E-state index contributed by atoms with van der Waals surface area (Å²) >= 11 is 7.89. The van der Waals surface area contributed by atoms with Gasteiger partial charge in [-0.1, -0.05) is 11.6 Å². The summed E-state index contributed by atoms with van der Waals surface area (Å²) in [6.45, 7) is 0. The van der Waals surface area contributed by atoms with Crippen molar-refractivity contribution < 1.29 is 26.4 Å². The average molecular weight is 519 g/mol. The Morgan fingerprint density at radius 1 is 1.09 bits per heavy atom. The molecule has 0 aliphatic heterocycles. The molecule has 3 N–H and O–H groups in total. The van der Waals surface area contributed by atoms with Crippen molar-refractivity contribution in [3.63, 3.8) is 0 Å². The Kier molecular flexibility index (Phi) is 7.00. The number of rotatable bonds is 6. The van der Waals surface area contributed by atoms with Crippen molar-refractivity contribution in [2.45, 2.75) is 41.1 Å². The number of nitrogens with two attached hydrogens (primary N) is 1. The summed E-state index contributed by atoms with van der Waals surface area (Å²) in [4.78, 5) is 12.5. The SMILES string of the molecule is NCS[C@H]1CC2CCC(C1)[C@@H]2S(=O)(=O)c1cc(C(=O)Nc2cc(F)c(F)c(F)c2)ccc1Cl. The van der Waals surface area contributed by atoms with Crippen LogP contribution in [0.25, 0.3) is 0 Å². The summed E-state index contributed by atoms with van der Waals surface area (Å²) in [6.07, 6.45) is 3.16. The highest BCUT2D eigenvalue weighted by molar-refractivity contribution is 7.99. The third-order valence-corrected chi connectivity index (χ3v) is 10.3. The summed E-state index contributed by atoms with van der Waals surface area (Å²) in [6, 6.07) is 5.09. The molecule has 5 nitrogen and oxygen atoms in total. The van der Waals surface area contributed by atoms with E-state index in [2.05, 4.69) is 5.32 Å². The first-order valence-corrected chi connectivity index (χ1v) is 13.4. The fourth-order valence-corrected chi connectivity index (χ4v) is 8.95. The van der Waals surface area contributed by atoms with Gasteiger partial charge in [-0.25, -0.2) is 21.6 Å². The number of hydrogen-bond acceptors (Lipinski definition) is 5. The highest BCUT2D eigenvalue weighted by Gasteiger charge is 2.50. The summed E-state index contributed by atoms with van der Waals surface area (Å²) in [5.74, 6) is -4.88. The molecule has 0 saturated heterocycles. The molecule has 0 radical (unpaired) electrons. The zero-order chi connectivity index (χ0) is 23.9. The molecule has 4 rings (SSSR count). The molecule has 11 heteroatoms. The number of sulfone groups is 1. The largest absolute Gasteiger partial charge is 0.322 e. The molecule has 1 amide bonds. The zero-order valence-electron chi connectivity index (χ0n) is 17.4. The van der Waals surface area contributed by atoms with Crippen LogP contribution in [-0.2, 0) is 9.84 Å². The molecule has 2 fully saturated rings. The smallest absolute Gasteiger partial charge is 0.255 e. The maximum Gasteiger partial charge on any atom is 0.255 e. The zero-order valence-corrected chi connectivity index (χ0v) is 19.8. The Morgan fingerprint density at radius 2 is 1.70 bits per heavy atom. The number of anilines is 1. The molecule has 2 aromatic rings. The maximum absolute atomic E-state index is 13.6. The molecule has 2 aliphatic rings. The van der Waals surface area contributed by atoms with Gasteiger partial charge in [0.05, 0.1) is 15.2 Å². The molecule has 2 saturated carbocycles. The molecule has 2 bridgehead atoms. The second kappa shape index (κ2) is 9.48. The van der Waals surface area contributed by atoms with Gasteiger partial charge in [0, 0.05) is 34.5 Å². The monoisotopic (exact) mass is 518 g/mol. The summed E-state index contributed by atoms with van der Waals surface area (Å²) in [5.41, 5.74) is 5.30. The number of carbonyl (C=O) groups is 1. The fraction of sp³-hybridized carbons (Fsp3) is 0.409. The van der Waals surface area contributed by atoms with E-state index in [1.807, 2.05) is 0 Å². The highest BCUT2D eigenvalue weighted by Crippen LogP contribution is 2.50. The van der Waals surface area contributed by atoms with Crippen LogP contribution in [0.2, 0.25) is 5.02 Å². The summed E-state index contributed by atoms with van der Waals surface area (Å²) in [7, 11) is -3.84. The van der Waals surface area contributed by atoms with Crippen molar-refractivity contribution in [1.82, 2.24) is 0 Å². The minimum absolute atomic E-state index is 0.00303. The van der Waals surface area contributed by atoms with Gasteiger partial charge in [-0.2, -0.15) is 0 Å². The van der Waals surface area contributed by atoms with E-state index in [4.69, 9.17) is 17.3 Å². The molecular weight excluding hydrogens is 497 g/mol. The van der Waals surface area contributed by atoms with Crippen LogP contribution >= 0.6 is 23.4 Å². The summed E-state index contributed by atoms with van der Waals surface area (Å²) in [5, 5.41) is 2.02. The lowest BCUT2D eigenvalue weighted by atomic mass is 9.88. The lowest BCUT2D eigenvalue weighted by Crippen LogP contribution is -2.38. The lowest BCUT2D eigenvalue weighted by Gasteiger charge is -2.34. The first-order chi connectivity index (χ1) is 15.6. The van der Waals surface area contributed by atoms with Crippen LogP contribution in [0, 0.1) is 29.3 Å². The van der Waals surface area contributed by atoms with Crippen LogP contribution in [-0.4, -0.2) is 30.7 Å². The van der Waals surface area contributed by atoms with Gasteiger partial charge >= 0.3 is 0 Å². The number of thioether (sulfide) groups is 1. The lowest BCUT2D eigenvalue weighted by molar-refractivity contribution is 0.102. The van der Waals surface area contributed by atoms with Crippen molar-refractivity contribution in [3.8, 4) is 0 Å². The number of halogens is 4. The normalized spacial score (nSPS) is 24.6. The van der Waals surface area contributed by atoms with E-state index in [-0.39, 0.29) is 33.0 Å². The van der Waals surface area contributed by atoms with Gasteiger partial charge in [0.25, 0.3) is 5.91 Å². The molecule has 0 heterocycles. The number of carbonyl (C=O) groups excluding carboxylic acids is 1. The fourth-order valence-electron chi connectivity index (χ4n) is 5.04. The van der Waals surface area contributed by atoms with E-state index < -0.39 is 38.4 Å². The second-order valence-corrected chi connectivity index (χ2v) is 12.2. The molecule has 2 unspecified atom stereocenters. The molecular formula is C22H22ClF3N2O3S2. The van der Waals surface area contributed by atoms with Crippen LogP contribution < -0.4 is 11.1 Å². The third kappa shape index (κ3) is 4.76. The standard InChI is InChI=1S/C22H22ClF3N2O3S2/c23-16-4-3-13(22(29)28-14-8-17(24)20(26)18(25)9-14)7-19(16)33(30,31)21-11-1-2-12(21)6-15(5-11)32-10-27/h3-4,7-9,11-12,15,21H,1-2,5-6,10,27H2,(H,28,29)/t11?,12?,15-,21+.